The van der Waals surface area contributed by atoms with Crippen molar-refractivity contribution in [2.75, 3.05) is 12.3 Å². The SMILES string of the molecule is CCNC(CSc1ccc(C)cc1)(C(=O)O)C1CC1. The Morgan fingerprint density at radius 2 is 2.05 bits per heavy atom. The molecular weight excluding hydrogens is 258 g/mol. The molecule has 1 aromatic rings. The summed E-state index contributed by atoms with van der Waals surface area (Å²) in [4.78, 5) is 12.8. The van der Waals surface area contributed by atoms with Crippen LogP contribution in [0.4, 0.5) is 0 Å². The summed E-state index contributed by atoms with van der Waals surface area (Å²) >= 11 is 1.63. The fraction of sp³-hybridized carbons (Fsp3) is 0.533. The maximum absolute atomic E-state index is 11.7. The Bertz CT molecular complexity index is 442. The summed E-state index contributed by atoms with van der Waals surface area (Å²) in [5.74, 6) is 0.156. The fourth-order valence-electron chi connectivity index (χ4n) is 2.35. The first kappa shape index (κ1) is 14.4. The number of hydrogen-bond acceptors (Lipinski definition) is 3. The van der Waals surface area contributed by atoms with Gasteiger partial charge in [-0.15, -0.1) is 11.8 Å². The van der Waals surface area contributed by atoms with E-state index in [9.17, 15) is 9.90 Å². The third-order valence-corrected chi connectivity index (χ3v) is 4.84. The normalized spacial score (nSPS) is 18.0. The minimum Gasteiger partial charge on any atom is -0.480 e. The molecule has 1 fully saturated rings. The molecule has 0 spiro atoms. The molecule has 0 aliphatic heterocycles. The van der Waals surface area contributed by atoms with E-state index >= 15 is 0 Å². The molecule has 1 unspecified atom stereocenters. The van der Waals surface area contributed by atoms with Gasteiger partial charge in [0, 0.05) is 10.6 Å². The Labute approximate surface area is 118 Å². The number of thioether (sulfide) groups is 1. The molecule has 4 heteroatoms. The molecule has 1 saturated carbocycles. The summed E-state index contributed by atoms with van der Waals surface area (Å²) < 4.78 is 0. The van der Waals surface area contributed by atoms with Crippen LogP contribution in [-0.4, -0.2) is 28.9 Å². The van der Waals surface area contributed by atoms with Crippen molar-refractivity contribution >= 4 is 17.7 Å². The van der Waals surface area contributed by atoms with E-state index in [-0.39, 0.29) is 5.92 Å². The van der Waals surface area contributed by atoms with Gasteiger partial charge in [-0.25, -0.2) is 0 Å². The zero-order chi connectivity index (χ0) is 13.9. The van der Waals surface area contributed by atoms with E-state index < -0.39 is 11.5 Å². The molecular formula is C15H21NO2S. The minimum absolute atomic E-state index is 0.280. The van der Waals surface area contributed by atoms with Crippen molar-refractivity contribution in [3.05, 3.63) is 29.8 Å². The summed E-state index contributed by atoms with van der Waals surface area (Å²) in [6.45, 7) is 4.71. The molecule has 1 aliphatic rings. The van der Waals surface area contributed by atoms with Gasteiger partial charge >= 0.3 is 5.97 Å². The first-order valence-electron chi connectivity index (χ1n) is 6.76. The minimum atomic E-state index is -0.760. The first-order valence-corrected chi connectivity index (χ1v) is 7.75. The quantitative estimate of drug-likeness (QED) is 0.753. The Kier molecular flexibility index (Phi) is 4.53. The maximum Gasteiger partial charge on any atom is 0.325 e. The van der Waals surface area contributed by atoms with E-state index in [1.54, 1.807) is 11.8 Å². The van der Waals surface area contributed by atoms with Crippen molar-refractivity contribution in [3.63, 3.8) is 0 Å². The lowest BCUT2D eigenvalue weighted by atomic mass is 9.96. The number of carbonyl (C=O) groups is 1. The summed E-state index contributed by atoms with van der Waals surface area (Å²) in [5, 5.41) is 12.8. The third-order valence-electron chi connectivity index (χ3n) is 3.64. The van der Waals surface area contributed by atoms with Gasteiger partial charge in [-0.1, -0.05) is 24.6 Å². The van der Waals surface area contributed by atoms with Gasteiger partial charge < -0.3 is 10.4 Å². The number of aryl methyl sites for hydroxylation is 1. The number of nitrogens with one attached hydrogen (secondary N) is 1. The predicted molar refractivity (Wildman–Crippen MR) is 78.7 cm³/mol. The molecule has 2 N–H and O–H groups in total. The lowest BCUT2D eigenvalue weighted by molar-refractivity contribution is -0.144. The average molecular weight is 279 g/mol. The maximum atomic E-state index is 11.7. The molecule has 0 radical (unpaired) electrons. The van der Waals surface area contributed by atoms with Crippen molar-refractivity contribution in [1.29, 1.82) is 0 Å². The van der Waals surface area contributed by atoms with Crippen LogP contribution >= 0.6 is 11.8 Å². The highest BCUT2D eigenvalue weighted by Crippen LogP contribution is 2.42. The van der Waals surface area contributed by atoms with Gasteiger partial charge in [0.2, 0.25) is 0 Å². The van der Waals surface area contributed by atoms with Crippen LogP contribution in [0.2, 0.25) is 0 Å². The van der Waals surface area contributed by atoms with E-state index in [0.29, 0.717) is 12.3 Å². The zero-order valence-electron chi connectivity index (χ0n) is 11.5. The van der Waals surface area contributed by atoms with Gasteiger partial charge in [0.25, 0.3) is 0 Å². The third kappa shape index (κ3) is 3.31. The van der Waals surface area contributed by atoms with E-state index in [4.69, 9.17) is 0 Å². The van der Waals surface area contributed by atoms with Crippen LogP contribution in [0.3, 0.4) is 0 Å². The smallest absolute Gasteiger partial charge is 0.325 e. The van der Waals surface area contributed by atoms with Crippen LogP contribution < -0.4 is 5.32 Å². The van der Waals surface area contributed by atoms with Crippen LogP contribution in [0.1, 0.15) is 25.3 Å². The van der Waals surface area contributed by atoms with Gasteiger partial charge in [0.1, 0.15) is 5.54 Å². The Morgan fingerprint density at radius 1 is 1.42 bits per heavy atom. The fourth-order valence-corrected chi connectivity index (χ4v) is 3.53. The molecule has 0 bridgehead atoms. The van der Waals surface area contributed by atoms with Crippen molar-refractivity contribution in [2.45, 2.75) is 37.1 Å². The molecule has 1 aromatic carbocycles. The Hall–Kier alpha value is -1.00. The molecule has 0 heterocycles. The van der Waals surface area contributed by atoms with Crippen molar-refractivity contribution in [3.8, 4) is 0 Å². The average Bonchev–Trinajstić information content (AvgIpc) is 3.20. The van der Waals surface area contributed by atoms with E-state index in [1.165, 1.54) is 5.56 Å². The van der Waals surface area contributed by atoms with Crippen LogP contribution in [0.15, 0.2) is 29.2 Å². The summed E-state index contributed by atoms with van der Waals surface area (Å²) in [6.07, 6.45) is 2.04. The van der Waals surface area contributed by atoms with Crippen molar-refractivity contribution < 1.29 is 9.90 Å². The van der Waals surface area contributed by atoms with Gasteiger partial charge in [0.05, 0.1) is 0 Å². The topological polar surface area (TPSA) is 49.3 Å². The second-order valence-corrected chi connectivity index (χ2v) is 6.23. The van der Waals surface area contributed by atoms with Crippen molar-refractivity contribution in [2.24, 2.45) is 5.92 Å². The highest BCUT2D eigenvalue weighted by atomic mass is 32.2. The van der Waals surface area contributed by atoms with Crippen molar-refractivity contribution in [1.82, 2.24) is 5.32 Å². The number of carboxylic acid groups (broad SMARTS) is 1. The molecule has 0 amide bonds. The lowest BCUT2D eigenvalue weighted by Crippen LogP contribution is -2.56. The number of benzene rings is 1. The van der Waals surface area contributed by atoms with Crippen LogP contribution in [0, 0.1) is 12.8 Å². The Morgan fingerprint density at radius 3 is 2.53 bits per heavy atom. The van der Waals surface area contributed by atoms with Gasteiger partial charge in [-0.3, -0.25) is 4.79 Å². The standard InChI is InChI=1S/C15H21NO2S/c1-3-16-15(14(17)18,12-6-7-12)10-19-13-8-4-11(2)5-9-13/h4-5,8-9,12,16H,3,6-7,10H2,1-2H3,(H,17,18). The van der Waals surface area contributed by atoms with Crippen LogP contribution in [0.5, 0.6) is 0 Å². The molecule has 0 aromatic heterocycles. The molecule has 19 heavy (non-hydrogen) atoms. The number of rotatable bonds is 7. The number of aliphatic carboxylic acids is 1. The second kappa shape index (κ2) is 5.97. The first-order chi connectivity index (χ1) is 9.08. The summed E-state index contributed by atoms with van der Waals surface area (Å²) in [6, 6.07) is 8.25. The molecule has 1 atom stereocenters. The molecule has 0 saturated heterocycles. The summed E-state index contributed by atoms with van der Waals surface area (Å²) in [7, 11) is 0. The van der Waals surface area contributed by atoms with Crippen LogP contribution in [0.25, 0.3) is 0 Å². The number of hydrogen-bond donors (Lipinski definition) is 2. The van der Waals surface area contributed by atoms with Crippen LogP contribution in [-0.2, 0) is 4.79 Å². The number of carboxylic acids is 1. The van der Waals surface area contributed by atoms with Gasteiger partial charge in [0.15, 0.2) is 0 Å². The monoisotopic (exact) mass is 279 g/mol. The summed E-state index contributed by atoms with van der Waals surface area (Å²) in [5.41, 5.74) is 0.465. The molecule has 1 aliphatic carbocycles. The van der Waals surface area contributed by atoms with E-state index in [2.05, 4.69) is 36.5 Å². The van der Waals surface area contributed by atoms with Gasteiger partial charge in [-0.05, 0) is 44.4 Å². The highest BCUT2D eigenvalue weighted by Gasteiger charge is 2.50. The molecule has 3 nitrogen and oxygen atoms in total. The zero-order valence-corrected chi connectivity index (χ0v) is 12.3. The second-order valence-electron chi connectivity index (χ2n) is 5.18. The predicted octanol–water partition coefficient (Wildman–Crippen LogP) is 2.93. The Balaban J connectivity index is 2.07. The van der Waals surface area contributed by atoms with Gasteiger partial charge in [-0.2, -0.15) is 0 Å². The molecule has 104 valence electrons. The lowest BCUT2D eigenvalue weighted by Gasteiger charge is -2.30. The largest absolute Gasteiger partial charge is 0.480 e. The highest BCUT2D eigenvalue weighted by molar-refractivity contribution is 7.99. The van der Waals surface area contributed by atoms with E-state index in [1.807, 2.05) is 6.92 Å². The van der Waals surface area contributed by atoms with E-state index in [0.717, 1.165) is 17.7 Å². The molecule has 2 rings (SSSR count). The number of likely N-dealkylation sites (N-methyl/N-ethyl adjacent to an activating group) is 1.